The molecule has 0 saturated carbocycles. The van der Waals surface area contributed by atoms with Gasteiger partial charge in [-0.15, -0.1) is 0 Å². The Balaban J connectivity index is 2.33. The van der Waals surface area contributed by atoms with Crippen LogP contribution in [0.1, 0.15) is 20.7 Å². The van der Waals surface area contributed by atoms with Crippen molar-refractivity contribution in [3.63, 3.8) is 0 Å². The number of carbonyl (C=O) groups is 2. The molecule has 1 fully saturated rings. The summed E-state index contributed by atoms with van der Waals surface area (Å²) in [6.45, 7) is 0. The first kappa shape index (κ1) is 10.2. The van der Waals surface area contributed by atoms with Crippen LogP contribution in [0.3, 0.4) is 0 Å². The second-order valence-electron chi connectivity index (χ2n) is 3.51. The summed E-state index contributed by atoms with van der Waals surface area (Å²) in [5.41, 5.74) is 6.02. The summed E-state index contributed by atoms with van der Waals surface area (Å²) in [6, 6.07) is 6.74. The molecule has 0 atom stereocenters. The molecule has 1 aliphatic heterocycles. The third-order valence-corrected chi connectivity index (χ3v) is 3.74. The molecule has 78 valence electrons. The van der Waals surface area contributed by atoms with Crippen LogP contribution in [0.4, 0.5) is 0 Å². The zero-order valence-electron chi connectivity index (χ0n) is 8.10. The molecule has 0 unspecified atom stereocenters. The van der Waals surface area contributed by atoms with Crippen molar-refractivity contribution in [1.29, 1.82) is 0 Å². The largest absolute Gasteiger partial charge is 0.366 e. The smallest absolute Gasteiger partial charge is 0.249 e. The maximum atomic E-state index is 11.9. The van der Waals surface area contributed by atoms with Crippen LogP contribution >= 0.6 is 11.8 Å². The van der Waals surface area contributed by atoms with E-state index in [4.69, 9.17) is 5.73 Å². The van der Waals surface area contributed by atoms with E-state index in [9.17, 15) is 9.59 Å². The van der Waals surface area contributed by atoms with E-state index in [1.165, 1.54) is 0 Å². The second kappa shape index (κ2) is 4.06. The van der Waals surface area contributed by atoms with Crippen molar-refractivity contribution in [2.45, 2.75) is 0 Å². The average Bonchev–Trinajstić information content (AvgIpc) is 2.15. The number of hydrogen-bond donors (Lipinski definition) is 1. The molecule has 2 rings (SSSR count). The number of nitrogens with two attached hydrogens (primary N) is 1. The van der Waals surface area contributed by atoms with Crippen molar-refractivity contribution in [3.8, 4) is 0 Å². The Bertz CT molecular complexity index is 413. The van der Waals surface area contributed by atoms with Crippen molar-refractivity contribution in [3.05, 3.63) is 35.4 Å². The fourth-order valence-corrected chi connectivity index (χ4v) is 2.29. The monoisotopic (exact) mass is 221 g/mol. The molecule has 1 saturated heterocycles. The summed E-state index contributed by atoms with van der Waals surface area (Å²) >= 11 is 1.75. The lowest BCUT2D eigenvalue weighted by atomic mass is 9.95. The first-order valence-electron chi connectivity index (χ1n) is 4.71. The van der Waals surface area contributed by atoms with Gasteiger partial charge >= 0.3 is 0 Å². The van der Waals surface area contributed by atoms with E-state index in [0.717, 1.165) is 11.5 Å². The zero-order valence-corrected chi connectivity index (χ0v) is 8.92. The van der Waals surface area contributed by atoms with Gasteiger partial charge < -0.3 is 5.73 Å². The Hall–Kier alpha value is -1.29. The first-order chi connectivity index (χ1) is 7.20. The number of primary amides is 1. The topological polar surface area (TPSA) is 60.2 Å². The molecule has 0 radical (unpaired) electrons. The Morgan fingerprint density at radius 2 is 1.80 bits per heavy atom. The van der Waals surface area contributed by atoms with E-state index < -0.39 is 5.91 Å². The minimum absolute atomic E-state index is 0.0446. The van der Waals surface area contributed by atoms with Crippen molar-refractivity contribution in [2.75, 3.05) is 11.5 Å². The van der Waals surface area contributed by atoms with Gasteiger partial charge in [-0.05, 0) is 6.07 Å². The van der Waals surface area contributed by atoms with Crippen LogP contribution in [0.25, 0.3) is 0 Å². The van der Waals surface area contributed by atoms with Gasteiger partial charge in [0.25, 0.3) is 0 Å². The Morgan fingerprint density at radius 1 is 1.20 bits per heavy atom. The SMILES string of the molecule is NC(=O)c1ccccc1C(=O)C1CSC1. The molecule has 0 aromatic heterocycles. The fourth-order valence-electron chi connectivity index (χ4n) is 1.52. The van der Waals surface area contributed by atoms with Crippen LogP contribution in [0.5, 0.6) is 0 Å². The molecule has 1 aliphatic rings. The van der Waals surface area contributed by atoms with Gasteiger partial charge in [-0.2, -0.15) is 11.8 Å². The number of rotatable bonds is 3. The van der Waals surface area contributed by atoms with Gasteiger partial charge in [0, 0.05) is 28.6 Å². The fraction of sp³-hybridized carbons (Fsp3) is 0.273. The molecule has 1 aromatic rings. The van der Waals surface area contributed by atoms with Gasteiger partial charge in [0.1, 0.15) is 0 Å². The highest BCUT2D eigenvalue weighted by Gasteiger charge is 2.28. The number of thioether (sulfide) groups is 1. The van der Waals surface area contributed by atoms with Crippen molar-refractivity contribution in [1.82, 2.24) is 0 Å². The van der Waals surface area contributed by atoms with Crippen LogP contribution in [-0.4, -0.2) is 23.2 Å². The molecule has 2 N–H and O–H groups in total. The van der Waals surface area contributed by atoms with Crippen LogP contribution in [0.2, 0.25) is 0 Å². The summed E-state index contributed by atoms with van der Waals surface area (Å²) in [7, 11) is 0. The molecular weight excluding hydrogens is 210 g/mol. The highest BCUT2D eigenvalue weighted by Crippen LogP contribution is 2.28. The van der Waals surface area contributed by atoms with Crippen LogP contribution in [0, 0.1) is 5.92 Å². The Labute approximate surface area is 92.0 Å². The zero-order chi connectivity index (χ0) is 10.8. The molecule has 1 aromatic carbocycles. The maximum absolute atomic E-state index is 11.9. The molecule has 15 heavy (non-hydrogen) atoms. The van der Waals surface area contributed by atoms with E-state index in [-0.39, 0.29) is 11.7 Å². The molecule has 0 spiro atoms. The van der Waals surface area contributed by atoms with Crippen molar-refractivity contribution >= 4 is 23.5 Å². The van der Waals surface area contributed by atoms with Gasteiger partial charge in [0.15, 0.2) is 5.78 Å². The summed E-state index contributed by atoms with van der Waals surface area (Å²) in [5.74, 6) is 1.28. The second-order valence-corrected chi connectivity index (χ2v) is 4.58. The van der Waals surface area contributed by atoms with Crippen molar-refractivity contribution in [2.24, 2.45) is 11.7 Å². The number of hydrogen-bond acceptors (Lipinski definition) is 3. The van der Waals surface area contributed by atoms with E-state index in [1.54, 1.807) is 36.0 Å². The molecule has 1 amide bonds. The summed E-state index contributed by atoms with van der Waals surface area (Å²) < 4.78 is 0. The lowest BCUT2D eigenvalue weighted by Gasteiger charge is -2.23. The van der Waals surface area contributed by atoms with Gasteiger partial charge in [0.2, 0.25) is 5.91 Å². The number of benzene rings is 1. The quantitative estimate of drug-likeness (QED) is 0.783. The molecular formula is C11H11NO2S. The highest BCUT2D eigenvalue weighted by atomic mass is 32.2. The highest BCUT2D eigenvalue weighted by molar-refractivity contribution is 8.00. The maximum Gasteiger partial charge on any atom is 0.249 e. The summed E-state index contributed by atoms with van der Waals surface area (Å²) in [4.78, 5) is 23.1. The van der Waals surface area contributed by atoms with E-state index >= 15 is 0 Å². The molecule has 1 heterocycles. The number of amides is 1. The third-order valence-electron chi connectivity index (χ3n) is 2.47. The number of Topliss-reactive ketones (excluding diaryl/α,β-unsaturated/α-hetero) is 1. The normalized spacial score (nSPS) is 15.7. The van der Waals surface area contributed by atoms with Gasteiger partial charge in [0.05, 0.1) is 0 Å². The predicted molar refractivity (Wildman–Crippen MR) is 60.1 cm³/mol. The minimum Gasteiger partial charge on any atom is -0.366 e. The average molecular weight is 221 g/mol. The standard InChI is InChI=1S/C11H11NO2S/c12-11(14)9-4-2-1-3-8(9)10(13)7-5-15-6-7/h1-4,7H,5-6H2,(H2,12,14). The van der Waals surface area contributed by atoms with Crippen molar-refractivity contribution < 1.29 is 9.59 Å². The Morgan fingerprint density at radius 3 is 2.27 bits per heavy atom. The number of ketones is 1. The van der Waals surface area contributed by atoms with E-state index in [0.29, 0.717) is 11.1 Å². The third kappa shape index (κ3) is 1.90. The summed E-state index contributed by atoms with van der Waals surface area (Å²) in [5, 5.41) is 0. The predicted octanol–water partition coefficient (Wildman–Crippen LogP) is 1.33. The van der Waals surface area contributed by atoms with Crippen LogP contribution in [-0.2, 0) is 0 Å². The van der Waals surface area contributed by atoms with Crippen LogP contribution < -0.4 is 5.73 Å². The lowest BCUT2D eigenvalue weighted by Crippen LogP contribution is -2.29. The van der Waals surface area contributed by atoms with Gasteiger partial charge in [-0.25, -0.2) is 0 Å². The lowest BCUT2D eigenvalue weighted by molar-refractivity contribution is 0.0924. The Kier molecular flexibility index (Phi) is 2.77. The van der Waals surface area contributed by atoms with Gasteiger partial charge in [-0.3, -0.25) is 9.59 Å². The first-order valence-corrected chi connectivity index (χ1v) is 5.86. The number of carbonyl (C=O) groups excluding carboxylic acids is 2. The van der Waals surface area contributed by atoms with E-state index in [1.807, 2.05) is 0 Å². The van der Waals surface area contributed by atoms with Crippen LogP contribution in [0.15, 0.2) is 24.3 Å². The van der Waals surface area contributed by atoms with E-state index in [2.05, 4.69) is 0 Å². The van der Waals surface area contributed by atoms with Gasteiger partial charge in [-0.1, -0.05) is 18.2 Å². The molecule has 3 nitrogen and oxygen atoms in total. The summed E-state index contributed by atoms with van der Waals surface area (Å²) in [6.07, 6.45) is 0. The minimum atomic E-state index is -0.536. The molecule has 0 aliphatic carbocycles. The molecule has 0 bridgehead atoms. The molecule has 4 heteroatoms.